The topological polar surface area (TPSA) is 55.1 Å². The highest BCUT2D eigenvalue weighted by Gasteiger charge is 2.28. The van der Waals surface area contributed by atoms with Crippen molar-refractivity contribution >= 4 is 29.1 Å². The first-order chi connectivity index (χ1) is 8.21. The van der Waals surface area contributed by atoms with Gasteiger partial charge in [-0.15, -0.1) is 0 Å². The molecule has 0 aliphatic heterocycles. The number of amides is 1. The summed E-state index contributed by atoms with van der Waals surface area (Å²) >= 11 is 11.8. The normalized spacial score (nSPS) is 13.4. The molecule has 1 aromatic carbocycles. The number of benzene rings is 1. The smallest absolute Gasteiger partial charge is 0.235 e. The SMILES string of the molecule is CC(C)(C)C(NCc1ccc(Cl)c(Cl)c1)C(N)=O. The van der Waals surface area contributed by atoms with E-state index in [1.165, 1.54) is 0 Å². The third kappa shape index (κ3) is 4.16. The Labute approximate surface area is 118 Å². The maximum absolute atomic E-state index is 11.4. The molecule has 5 heteroatoms. The predicted octanol–water partition coefficient (Wildman–Crippen LogP) is 2.98. The Hall–Kier alpha value is -0.770. The minimum absolute atomic E-state index is 0.234. The van der Waals surface area contributed by atoms with Gasteiger partial charge < -0.3 is 11.1 Å². The van der Waals surface area contributed by atoms with E-state index in [-0.39, 0.29) is 11.3 Å². The minimum Gasteiger partial charge on any atom is -0.368 e. The van der Waals surface area contributed by atoms with Crippen LogP contribution in [0.3, 0.4) is 0 Å². The lowest BCUT2D eigenvalue weighted by molar-refractivity contribution is -0.122. The Morgan fingerprint density at radius 3 is 2.39 bits per heavy atom. The van der Waals surface area contributed by atoms with E-state index in [0.29, 0.717) is 16.6 Å². The predicted molar refractivity (Wildman–Crippen MR) is 75.7 cm³/mol. The molecule has 0 aliphatic carbocycles. The van der Waals surface area contributed by atoms with Gasteiger partial charge in [-0.05, 0) is 23.1 Å². The van der Waals surface area contributed by atoms with E-state index in [1.54, 1.807) is 12.1 Å². The second kappa shape index (κ2) is 5.91. The zero-order valence-electron chi connectivity index (χ0n) is 10.8. The average molecular weight is 289 g/mol. The van der Waals surface area contributed by atoms with E-state index in [2.05, 4.69) is 5.32 Å². The molecule has 3 nitrogen and oxygen atoms in total. The maximum Gasteiger partial charge on any atom is 0.235 e. The summed E-state index contributed by atoms with van der Waals surface area (Å²) in [6, 6.07) is 4.98. The summed E-state index contributed by atoms with van der Waals surface area (Å²) < 4.78 is 0. The van der Waals surface area contributed by atoms with Gasteiger partial charge in [-0.3, -0.25) is 4.79 Å². The van der Waals surface area contributed by atoms with Gasteiger partial charge >= 0.3 is 0 Å². The summed E-state index contributed by atoms with van der Waals surface area (Å²) in [5.74, 6) is -0.359. The molecule has 0 aliphatic rings. The molecule has 0 bridgehead atoms. The summed E-state index contributed by atoms with van der Waals surface area (Å²) in [5.41, 5.74) is 6.12. The first-order valence-corrected chi connectivity index (χ1v) is 6.44. The lowest BCUT2D eigenvalue weighted by atomic mass is 9.86. The fraction of sp³-hybridized carbons (Fsp3) is 0.462. The first-order valence-electron chi connectivity index (χ1n) is 5.68. The number of rotatable bonds is 4. The first kappa shape index (κ1) is 15.3. The van der Waals surface area contributed by atoms with Crippen molar-refractivity contribution in [2.75, 3.05) is 0 Å². The van der Waals surface area contributed by atoms with Crippen molar-refractivity contribution in [2.45, 2.75) is 33.4 Å². The molecule has 0 radical (unpaired) electrons. The molecule has 0 heterocycles. The molecule has 0 aromatic heterocycles. The van der Waals surface area contributed by atoms with Gasteiger partial charge in [0.2, 0.25) is 5.91 Å². The second-order valence-electron chi connectivity index (χ2n) is 5.33. The van der Waals surface area contributed by atoms with Crippen molar-refractivity contribution in [1.82, 2.24) is 5.32 Å². The lowest BCUT2D eigenvalue weighted by Crippen LogP contribution is -2.49. The van der Waals surface area contributed by atoms with E-state index in [9.17, 15) is 4.79 Å². The summed E-state index contributed by atoms with van der Waals surface area (Å²) in [6.45, 7) is 6.40. The Morgan fingerprint density at radius 2 is 1.94 bits per heavy atom. The van der Waals surface area contributed by atoms with Gasteiger partial charge in [0, 0.05) is 6.54 Å². The van der Waals surface area contributed by atoms with Crippen LogP contribution in [0.1, 0.15) is 26.3 Å². The number of halogens is 2. The third-order valence-electron chi connectivity index (χ3n) is 2.64. The molecule has 1 atom stereocenters. The monoisotopic (exact) mass is 288 g/mol. The highest BCUT2D eigenvalue weighted by Crippen LogP contribution is 2.23. The average Bonchev–Trinajstić information content (AvgIpc) is 2.21. The van der Waals surface area contributed by atoms with Crippen LogP contribution in [0.25, 0.3) is 0 Å². The molecule has 100 valence electrons. The van der Waals surface area contributed by atoms with Crippen LogP contribution in [0.2, 0.25) is 10.0 Å². The molecule has 1 amide bonds. The molecule has 0 fully saturated rings. The van der Waals surface area contributed by atoms with Gasteiger partial charge in [-0.2, -0.15) is 0 Å². The molecule has 3 N–H and O–H groups in total. The fourth-order valence-electron chi connectivity index (χ4n) is 1.70. The van der Waals surface area contributed by atoms with E-state index in [1.807, 2.05) is 26.8 Å². The molecular formula is C13H18Cl2N2O. The quantitative estimate of drug-likeness (QED) is 0.895. The molecule has 0 spiro atoms. The molecule has 1 rings (SSSR count). The van der Waals surface area contributed by atoms with Crippen molar-refractivity contribution in [1.29, 1.82) is 0 Å². The third-order valence-corrected chi connectivity index (χ3v) is 3.38. The Morgan fingerprint density at radius 1 is 1.33 bits per heavy atom. The molecule has 18 heavy (non-hydrogen) atoms. The number of carbonyl (C=O) groups is 1. The molecule has 0 saturated heterocycles. The number of carbonyl (C=O) groups excluding carboxylic acids is 1. The highest BCUT2D eigenvalue weighted by molar-refractivity contribution is 6.42. The van der Waals surface area contributed by atoms with Crippen LogP contribution >= 0.6 is 23.2 Å². The van der Waals surface area contributed by atoms with Gasteiger partial charge in [0.15, 0.2) is 0 Å². The van der Waals surface area contributed by atoms with Crippen molar-refractivity contribution in [3.63, 3.8) is 0 Å². The Bertz CT molecular complexity index is 441. The van der Waals surface area contributed by atoms with Crippen LogP contribution in [0, 0.1) is 5.41 Å². The maximum atomic E-state index is 11.4. The number of hydrogen-bond donors (Lipinski definition) is 2. The van der Waals surface area contributed by atoms with E-state index in [4.69, 9.17) is 28.9 Å². The van der Waals surface area contributed by atoms with Gasteiger partial charge in [0.05, 0.1) is 16.1 Å². The Kier molecular flexibility index (Phi) is 5.02. The van der Waals surface area contributed by atoms with Gasteiger partial charge in [0.25, 0.3) is 0 Å². The number of primary amides is 1. The van der Waals surface area contributed by atoms with Crippen LogP contribution in [-0.4, -0.2) is 11.9 Å². The van der Waals surface area contributed by atoms with Crippen LogP contribution < -0.4 is 11.1 Å². The molecule has 1 unspecified atom stereocenters. The van der Waals surface area contributed by atoms with Crippen LogP contribution in [0.5, 0.6) is 0 Å². The number of nitrogens with one attached hydrogen (secondary N) is 1. The minimum atomic E-state index is -0.396. The fourth-order valence-corrected chi connectivity index (χ4v) is 2.02. The van der Waals surface area contributed by atoms with Gasteiger partial charge in [0.1, 0.15) is 0 Å². The molecule has 1 aromatic rings. The van der Waals surface area contributed by atoms with Crippen molar-refractivity contribution < 1.29 is 4.79 Å². The van der Waals surface area contributed by atoms with Gasteiger partial charge in [-0.1, -0.05) is 50.0 Å². The largest absolute Gasteiger partial charge is 0.368 e. The van der Waals surface area contributed by atoms with Crippen molar-refractivity contribution in [2.24, 2.45) is 11.1 Å². The van der Waals surface area contributed by atoms with E-state index >= 15 is 0 Å². The number of nitrogens with two attached hydrogens (primary N) is 1. The molecular weight excluding hydrogens is 271 g/mol. The van der Waals surface area contributed by atoms with Crippen molar-refractivity contribution in [3.8, 4) is 0 Å². The zero-order valence-corrected chi connectivity index (χ0v) is 12.3. The van der Waals surface area contributed by atoms with Crippen molar-refractivity contribution in [3.05, 3.63) is 33.8 Å². The lowest BCUT2D eigenvalue weighted by Gasteiger charge is -2.29. The van der Waals surface area contributed by atoms with Crippen LogP contribution in [0.15, 0.2) is 18.2 Å². The summed E-state index contributed by atoms with van der Waals surface area (Å²) in [6.07, 6.45) is 0. The van der Waals surface area contributed by atoms with Crippen LogP contribution in [-0.2, 0) is 11.3 Å². The van der Waals surface area contributed by atoms with Gasteiger partial charge in [-0.25, -0.2) is 0 Å². The zero-order chi connectivity index (χ0) is 13.9. The Balaban J connectivity index is 2.73. The summed E-state index contributed by atoms with van der Waals surface area (Å²) in [5, 5.41) is 4.16. The summed E-state index contributed by atoms with van der Waals surface area (Å²) in [7, 11) is 0. The second-order valence-corrected chi connectivity index (χ2v) is 6.15. The summed E-state index contributed by atoms with van der Waals surface area (Å²) in [4.78, 5) is 11.4. The van der Waals surface area contributed by atoms with Crippen LogP contribution in [0.4, 0.5) is 0 Å². The van der Waals surface area contributed by atoms with E-state index < -0.39 is 6.04 Å². The molecule has 0 saturated carbocycles. The number of hydrogen-bond acceptors (Lipinski definition) is 2. The highest BCUT2D eigenvalue weighted by atomic mass is 35.5. The standard InChI is InChI=1S/C13H18Cl2N2O/c1-13(2,3)11(12(16)18)17-7-8-4-5-9(14)10(15)6-8/h4-6,11,17H,7H2,1-3H3,(H2,16,18). The van der Waals surface area contributed by atoms with E-state index in [0.717, 1.165) is 5.56 Å².